The Morgan fingerprint density at radius 1 is 1.04 bits per heavy atom. The molecule has 0 radical (unpaired) electrons. The molecule has 1 aliphatic heterocycles. The van der Waals surface area contributed by atoms with Gasteiger partial charge < -0.3 is 10.1 Å². The zero-order valence-electron chi connectivity index (χ0n) is 15.3. The number of halogens is 1. The molecule has 1 aliphatic rings. The van der Waals surface area contributed by atoms with E-state index in [4.69, 9.17) is 4.74 Å². The fourth-order valence-corrected chi connectivity index (χ4v) is 3.29. The molecule has 3 rings (SSSR count). The predicted octanol–water partition coefficient (Wildman–Crippen LogP) is 4.45. The summed E-state index contributed by atoms with van der Waals surface area (Å²) in [6.45, 7) is 4.79. The van der Waals surface area contributed by atoms with E-state index in [0.717, 1.165) is 22.3 Å². The summed E-state index contributed by atoms with van der Waals surface area (Å²) < 4.78 is 6.48. The van der Waals surface area contributed by atoms with E-state index in [1.54, 1.807) is 6.92 Å². The van der Waals surface area contributed by atoms with E-state index in [0.29, 0.717) is 30.0 Å². The highest BCUT2D eigenvalue weighted by Gasteiger charge is 2.38. The van der Waals surface area contributed by atoms with Crippen molar-refractivity contribution in [1.29, 1.82) is 0 Å². The van der Waals surface area contributed by atoms with Gasteiger partial charge in [0.1, 0.15) is 11.4 Å². The molecule has 0 atom stereocenters. The third-order valence-electron chi connectivity index (χ3n) is 4.19. The molecule has 140 valence electrons. The zero-order valence-corrected chi connectivity index (χ0v) is 16.9. The van der Waals surface area contributed by atoms with Crippen molar-refractivity contribution < 1.29 is 14.3 Å². The van der Waals surface area contributed by atoms with Crippen molar-refractivity contribution in [1.82, 2.24) is 4.90 Å². The highest BCUT2D eigenvalue weighted by atomic mass is 79.9. The molecular formula is C21H21BrN2O3. The van der Waals surface area contributed by atoms with Gasteiger partial charge in [0.05, 0.1) is 12.2 Å². The number of imide groups is 1. The lowest BCUT2D eigenvalue weighted by atomic mass is 10.0. The molecule has 0 fully saturated rings. The fourth-order valence-electron chi connectivity index (χ4n) is 2.90. The van der Waals surface area contributed by atoms with Crippen LogP contribution < -0.4 is 10.1 Å². The van der Waals surface area contributed by atoms with Crippen LogP contribution in [0.1, 0.15) is 25.8 Å². The van der Waals surface area contributed by atoms with Crippen LogP contribution in [-0.4, -0.2) is 29.9 Å². The molecule has 2 amide bonds. The highest BCUT2D eigenvalue weighted by Crippen LogP contribution is 2.31. The summed E-state index contributed by atoms with van der Waals surface area (Å²) in [4.78, 5) is 26.9. The summed E-state index contributed by atoms with van der Waals surface area (Å²) in [5, 5.41) is 3.13. The number of nitrogens with zero attached hydrogens (tertiary/aromatic N) is 1. The maximum Gasteiger partial charge on any atom is 0.278 e. The van der Waals surface area contributed by atoms with Crippen molar-refractivity contribution in [3.63, 3.8) is 0 Å². The van der Waals surface area contributed by atoms with Crippen molar-refractivity contribution in [2.45, 2.75) is 20.3 Å². The summed E-state index contributed by atoms with van der Waals surface area (Å²) in [5.41, 5.74) is 2.09. The second-order valence-corrected chi connectivity index (χ2v) is 7.03. The Morgan fingerprint density at radius 3 is 2.41 bits per heavy atom. The topological polar surface area (TPSA) is 58.6 Å². The number of benzene rings is 2. The number of carbonyl (C=O) groups is 2. The lowest BCUT2D eigenvalue weighted by molar-refractivity contribution is -0.136. The van der Waals surface area contributed by atoms with Crippen LogP contribution in [0.25, 0.3) is 5.57 Å². The van der Waals surface area contributed by atoms with E-state index in [1.807, 2.05) is 55.5 Å². The first-order valence-corrected chi connectivity index (χ1v) is 9.70. The summed E-state index contributed by atoms with van der Waals surface area (Å²) in [5.74, 6) is 0.137. The Morgan fingerprint density at radius 2 is 1.78 bits per heavy atom. The van der Waals surface area contributed by atoms with Crippen molar-refractivity contribution >= 4 is 39.0 Å². The molecule has 0 aliphatic carbocycles. The Bertz CT molecular complexity index is 891. The van der Waals surface area contributed by atoms with Gasteiger partial charge in [-0.1, -0.05) is 41.1 Å². The summed E-state index contributed by atoms with van der Waals surface area (Å²) >= 11 is 3.42. The van der Waals surface area contributed by atoms with Gasteiger partial charge in [0.2, 0.25) is 0 Å². The van der Waals surface area contributed by atoms with Crippen LogP contribution in [0.5, 0.6) is 5.75 Å². The van der Waals surface area contributed by atoms with Gasteiger partial charge in [-0.3, -0.25) is 14.5 Å². The number of hydrogen-bond acceptors (Lipinski definition) is 4. The first-order valence-electron chi connectivity index (χ1n) is 8.91. The molecule has 6 heteroatoms. The minimum atomic E-state index is -0.316. The third kappa shape index (κ3) is 4.06. The minimum absolute atomic E-state index is 0.290. The highest BCUT2D eigenvalue weighted by molar-refractivity contribution is 9.10. The molecule has 0 saturated heterocycles. The summed E-state index contributed by atoms with van der Waals surface area (Å²) in [6.07, 6.45) is 0.923. The molecule has 5 nitrogen and oxygen atoms in total. The van der Waals surface area contributed by atoms with E-state index < -0.39 is 0 Å². The van der Waals surface area contributed by atoms with Gasteiger partial charge in [0.15, 0.2) is 0 Å². The Hall–Kier alpha value is -2.60. The normalized spacial score (nSPS) is 14.1. The summed E-state index contributed by atoms with van der Waals surface area (Å²) in [6, 6.07) is 14.7. The van der Waals surface area contributed by atoms with Crippen LogP contribution in [0, 0.1) is 0 Å². The van der Waals surface area contributed by atoms with Crippen LogP contribution in [0.3, 0.4) is 0 Å². The maximum absolute atomic E-state index is 12.8. The molecule has 0 unspecified atom stereocenters. The number of nitrogens with one attached hydrogen (secondary N) is 1. The molecular weight excluding hydrogens is 408 g/mol. The smallest absolute Gasteiger partial charge is 0.278 e. The van der Waals surface area contributed by atoms with Crippen molar-refractivity contribution in [3.8, 4) is 5.75 Å². The standard InChI is InChI=1S/C21H21BrN2O3/c1-3-12-27-17-10-8-14(9-11-17)18-19(21(26)24(4-2)20(18)25)23-16-7-5-6-15(22)13-16/h5-11,13,23H,3-4,12H2,1-2H3. The maximum atomic E-state index is 12.8. The average molecular weight is 429 g/mol. The predicted molar refractivity (Wildman–Crippen MR) is 109 cm³/mol. The van der Waals surface area contributed by atoms with Crippen LogP contribution >= 0.6 is 15.9 Å². The molecule has 0 saturated carbocycles. The van der Waals surface area contributed by atoms with Gasteiger partial charge in [-0.15, -0.1) is 0 Å². The van der Waals surface area contributed by atoms with Crippen molar-refractivity contribution in [2.24, 2.45) is 0 Å². The number of carbonyl (C=O) groups excluding carboxylic acids is 2. The number of ether oxygens (including phenoxy) is 1. The van der Waals surface area contributed by atoms with Gasteiger partial charge >= 0.3 is 0 Å². The van der Waals surface area contributed by atoms with Crippen LogP contribution in [0.15, 0.2) is 58.7 Å². The lowest BCUT2D eigenvalue weighted by Gasteiger charge is -2.12. The van der Waals surface area contributed by atoms with E-state index >= 15 is 0 Å². The second kappa shape index (κ2) is 8.39. The first kappa shape index (κ1) is 19.2. The molecule has 27 heavy (non-hydrogen) atoms. The number of likely N-dealkylation sites (N-methyl/N-ethyl adjacent to an activating group) is 1. The van der Waals surface area contributed by atoms with E-state index in [9.17, 15) is 9.59 Å². The Labute approximate surface area is 167 Å². The second-order valence-electron chi connectivity index (χ2n) is 6.11. The Kier molecular flexibility index (Phi) is 5.96. The van der Waals surface area contributed by atoms with E-state index in [-0.39, 0.29) is 11.8 Å². The number of amides is 2. The van der Waals surface area contributed by atoms with Gasteiger partial charge in [-0.05, 0) is 49.2 Å². The van der Waals surface area contributed by atoms with Crippen LogP contribution in [-0.2, 0) is 9.59 Å². The lowest BCUT2D eigenvalue weighted by Crippen LogP contribution is -2.32. The monoisotopic (exact) mass is 428 g/mol. The SMILES string of the molecule is CCCOc1ccc(C2=C(Nc3cccc(Br)c3)C(=O)N(CC)C2=O)cc1. The third-order valence-corrected chi connectivity index (χ3v) is 4.69. The molecule has 2 aromatic carbocycles. The van der Waals surface area contributed by atoms with Crippen molar-refractivity contribution in [3.05, 3.63) is 64.3 Å². The fraction of sp³-hybridized carbons (Fsp3) is 0.238. The van der Waals surface area contributed by atoms with Gasteiger partial charge in [0, 0.05) is 16.7 Å². The molecule has 0 bridgehead atoms. The van der Waals surface area contributed by atoms with Crippen molar-refractivity contribution in [2.75, 3.05) is 18.5 Å². The van der Waals surface area contributed by atoms with E-state index in [1.165, 1.54) is 4.90 Å². The molecule has 1 N–H and O–H groups in total. The average Bonchev–Trinajstić information content (AvgIpc) is 2.90. The molecule has 0 aromatic heterocycles. The summed E-state index contributed by atoms with van der Waals surface area (Å²) in [7, 11) is 0. The quantitative estimate of drug-likeness (QED) is 0.661. The molecule has 1 heterocycles. The van der Waals surface area contributed by atoms with E-state index in [2.05, 4.69) is 21.2 Å². The largest absolute Gasteiger partial charge is 0.494 e. The van der Waals surface area contributed by atoms with Gasteiger partial charge in [-0.25, -0.2) is 0 Å². The van der Waals surface area contributed by atoms with Gasteiger partial charge in [-0.2, -0.15) is 0 Å². The Balaban J connectivity index is 1.99. The first-order chi connectivity index (χ1) is 13.0. The van der Waals surface area contributed by atoms with Crippen LogP contribution in [0.2, 0.25) is 0 Å². The molecule has 2 aromatic rings. The van der Waals surface area contributed by atoms with Gasteiger partial charge in [0.25, 0.3) is 11.8 Å². The zero-order chi connectivity index (χ0) is 19.4. The number of anilines is 1. The minimum Gasteiger partial charge on any atom is -0.494 e. The number of hydrogen-bond donors (Lipinski definition) is 1. The molecule has 0 spiro atoms. The van der Waals surface area contributed by atoms with Crippen LogP contribution in [0.4, 0.5) is 5.69 Å². The number of rotatable bonds is 7.